The lowest BCUT2D eigenvalue weighted by molar-refractivity contribution is -0.156. The third kappa shape index (κ3) is 55.6. The minimum absolute atomic E-state index is 0.0922. The first-order valence-corrected chi connectivity index (χ1v) is 24.1. The number of aliphatic carboxylic acids is 8. The van der Waals surface area contributed by atoms with Crippen LogP contribution in [-0.4, -0.2) is 126 Å². The molecule has 24 heteroatoms. The topological polar surface area (TPSA) is 407 Å². The summed E-state index contributed by atoms with van der Waals surface area (Å²) in [6.45, 7) is 15.6. The second kappa shape index (κ2) is 42.5. The van der Waals surface area contributed by atoms with E-state index in [4.69, 9.17) is 50.0 Å². The highest BCUT2D eigenvalue weighted by molar-refractivity contribution is 7.86. The highest BCUT2D eigenvalue weighted by atomic mass is 32.2. The maximum absolute atomic E-state index is 10.3. The Morgan fingerprint density at radius 2 is 0.500 bits per heavy atom. The highest BCUT2D eigenvalue weighted by Crippen LogP contribution is 2.11. The molecule has 0 aliphatic carbocycles. The van der Waals surface area contributed by atoms with Crippen LogP contribution in [0.25, 0.3) is 0 Å². The van der Waals surface area contributed by atoms with Gasteiger partial charge in [-0.3, -0.25) is 47.5 Å². The standard InChI is InChI=1S/2C8H18O3S.4C6H10O4/c2*1-8(2)6-4-3-5-7-12(9,10)11;4*1-2-3-4(5(7)8)6(9)10/h2*8H,3-7H2,1-2H3,(H,9,10,11);4*4H,2-3H2,1H3,(H,7,8)(H,9,10). The molecule has 0 atom stereocenters. The van der Waals surface area contributed by atoms with Crippen LogP contribution in [0, 0.1) is 35.5 Å². The van der Waals surface area contributed by atoms with E-state index in [1.54, 1.807) is 27.7 Å². The van der Waals surface area contributed by atoms with Crippen LogP contribution >= 0.6 is 0 Å². The van der Waals surface area contributed by atoms with Crippen LogP contribution in [0.3, 0.4) is 0 Å². The molecule has 0 bridgehead atoms. The first kappa shape index (κ1) is 71.2. The van der Waals surface area contributed by atoms with Gasteiger partial charge in [0.15, 0.2) is 23.7 Å². The van der Waals surface area contributed by atoms with Crippen molar-refractivity contribution in [1.29, 1.82) is 0 Å². The molecule has 0 spiro atoms. The van der Waals surface area contributed by atoms with Crippen molar-refractivity contribution in [3.05, 3.63) is 0 Å². The number of rotatable bonds is 28. The van der Waals surface area contributed by atoms with Gasteiger partial charge in [0.05, 0.1) is 11.5 Å². The number of carboxylic acid groups (broad SMARTS) is 8. The van der Waals surface area contributed by atoms with Gasteiger partial charge in [-0.25, -0.2) is 0 Å². The van der Waals surface area contributed by atoms with E-state index in [0.717, 1.165) is 38.5 Å². The van der Waals surface area contributed by atoms with E-state index in [1.165, 1.54) is 0 Å². The van der Waals surface area contributed by atoms with Gasteiger partial charge >= 0.3 is 47.8 Å². The van der Waals surface area contributed by atoms with Crippen molar-refractivity contribution in [2.24, 2.45) is 35.5 Å². The molecule has 0 amide bonds. The third-order valence-corrected chi connectivity index (χ3v) is 9.67. The smallest absolute Gasteiger partial charge is 0.317 e. The van der Waals surface area contributed by atoms with Crippen molar-refractivity contribution >= 4 is 68.0 Å². The monoisotopic (exact) mass is 972 g/mol. The Labute approximate surface area is 377 Å². The fourth-order valence-electron chi connectivity index (χ4n) is 4.59. The van der Waals surface area contributed by atoms with E-state index < -0.39 is 91.7 Å². The lowest BCUT2D eigenvalue weighted by Crippen LogP contribution is -2.22. The Bertz CT molecular complexity index is 1300. The molecule has 0 unspecified atom stereocenters. The lowest BCUT2D eigenvalue weighted by atomic mass is 10.1. The van der Waals surface area contributed by atoms with Gasteiger partial charge in [0, 0.05) is 0 Å². The van der Waals surface area contributed by atoms with Crippen LogP contribution in [0.2, 0.25) is 0 Å². The molecule has 0 aliphatic heterocycles. The molecule has 64 heavy (non-hydrogen) atoms. The molecule has 380 valence electrons. The van der Waals surface area contributed by atoms with Gasteiger partial charge in [-0.15, -0.1) is 0 Å². The molecule has 0 aliphatic rings. The first-order valence-electron chi connectivity index (χ1n) is 20.9. The zero-order valence-electron chi connectivity index (χ0n) is 38.4. The molecule has 0 radical (unpaired) electrons. The molecule has 10 N–H and O–H groups in total. The van der Waals surface area contributed by atoms with Crippen LogP contribution in [-0.2, 0) is 58.6 Å². The summed E-state index contributed by atoms with van der Waals surface area (Å²) >= 11 is 0. The Balaban J connectivity index is -0.000000158. The molecule has 22 nitrogen and oxygen atoms in total. The van der Waals surface area contributed by atoms with Crippen molar-refractivity contribution in [3.8, 4) is 0 Å². The fourth-order valence-corrected chi connectivity index (χ4v) is 5.73. The largest absolute Gasteiger partial charge is 0.481 e. The molecular formula is C40H76O22S2. The molecule has 0 aromatic rings. The van der Waals surface area contributed by atoms with Crippen LogP contribution in [0.1, 0.15) is 158 Å². The van der Waals surface area contributed by atoms with E-state index >= 15 is 0 Å². The predicted molar refractivity (Wildman–Crippen MR) is 234 cm³/mol. The molecule has 0 rings (SSSR count). The Morgan fingerprint density at radius 3 is 0.594 bits per heavy atom. The van der Waals surface area contributed by atoms with Crippen LogP contribution in [0.15, 0.2) is 0 Å². The summed E-state index contributed by atoms with van der Waals surface area (Å²) in [7, 11) is -7.45. The van der Waals surface area contributed by atoms with Crippen LogP contribution < -0.4 is 0 Å². The average Bonchev–Trinajstić information content (AvgIpc) is 3.12. The lowest BCUT2D eigenvalue weighted by Gasteiger charge is -2.02. The summed E-state index contributed by atoms with van der Waals surface area (Å²) in [6.07, 6.45) is 10.4. The summed E-state index contributed by atoms with van der Waals surface area (Å²) in [4.78, 5) is 81.2. The summed E-state index contributed by atoms with van der Waals surface area (Å²) < 4.78 is 57.9. The number of hydrogen-bond donors (Lipinski definition) is 10. The van der Waals surface area contributed by atoms with Gasteiger partial charge in [-0.2, -0.15) is 16.8 Å². The number of carbonyl (C=O) groups is 8. The normalized spacial score (nSPS) is 10.8. The van der Waals surface area contributed by atoms with E-state index in [9.17, 15) is 55.2 Å². The second-order valence-electron chi connectivity index (χ2n) is 15.1. The summed E-state index contributed by atoms with van der Waals surface area (Å²) in [5.41, 5.74) is 0. The SMILES string of the molecule is CC(C)CCCCCS(=O)(=O)O.CC(C)CCCCCS(=O)(=O)O.CCCC(C(=O)O)C(=O)O.CCCC(C(=O)O)C(=O)O.CCCC(C(=O)O)C(=O)O.CCCC(C(=O)O)C(=O)O. The first-order chi connectivity index (χ1) is 29.2. The quantitative estimate of drug-likeness (QED) is 0.0228. The van der Waals surface area contributed by atoms with Gasteiger partial charge in [0.1, 0.15) is 0 Å². The molecule has 0 saturated heterocycles. The van der Waals surface area contributed by atoms with Crippen LogP contribution in [0.4, 0.5) is 0 Å². The van der Waals surface area contributed by atoms with Gasteiger partial charge in [-0.05, 0) is 50.4 Å². The Kier molecular flexibility index (Phi) is 47.3. The van der Waals surface area contributed by atoms with E-state index in [0.29, 0.717) is 50.4 Å². The minimum atomic E-state index is -3.72. The van der Waals surface area contributed by atoms with E-state index in [2.05, 4.69) is 27.7 Å². The zero-order valence-corrected chi connectivity index (χ0v) is 40.0. The van der Waals surface area contributed by atoms with Crippen molar-refractivity contribution in [2.45, 2.75) is 158 Å². The third-order valence-electron chi connectivity index (χ3n) is 8.06. The van der Waals surface area contributed by atoms with Gasteiger partial charge < -0.3 is 40.9 Å². The predicted octanol–water partition coefficient (Wildman–Crippen LogP) is 6.47. The fraction of sp³-hybridized carbons (Fsp3) is 0.800. The van der Waals surface area contributed by atoms with Crippen LogP contribution in [0.5, 0.6) is 0 Å². The summed E-state index contributed by atoms with van der Waals surface area (Å²) in [5, 5.41) is 66.4. The molecular weight excluding hydrogens is 897 g/mol. The maximum Gasteiger partial charge on any atom is 0.317 e. The molecule has 0 aromatic carbocycles. The summed E-state index contributed by atoms with van der Waals surface area (Å²) in [5.74, 6) is -13.8. The van der Waals surface area contributed by atoms with Gasteiger partial charge in [0.2, 0.25) is 0 Å². The number of unbranched alkanes of at least 4 members (excludes halogenated alkanes) is 4. The van der Waals surface area contributed by atoms with Crippen molar-refractivity contribution in [3.63, 3.8) is 0 Å². The molecule has 0 heterocycles. The van der Waals surface area contributed by atoms with Gasteiger partial charge in [-0.1, -0.05) is 120 Å². The number of hydrogen-bond acceptors (Lipinski definition) is 12. The minimum Gasteiger partial charge on any atom is -0.481 e. The molecule has 0 aromatic heterocycles. The Morgan fingerprint density at radius 1 is 0.328 bits per heavy atom. The number of carboxylic acids is 8. The van der Waals surface area contributed by atoms with Crippen molar-refractivity contribution < 1.29 is 105 Å². The maximum atomic E-state index is 10.3. The molecule has 0 saturated carbocycles. The van der Waals surface area contributed by atoms with Gasteiger partial charge in [0.25, 0.3) is 20.2 Å². The van der Waals surface area contributed by atoms with E-state index in [-0.39, 0.29) is 37.2 Å². The highest BCUT2D eigenvalue weighted by Gasteiger charge is 2.26. The average molecular weight is 973 g/mol. The molecule has 0 fully saturated rings. The van der Waals surface area contributed by atoms with E-state index in [1.807, 2.05) is 0 Å². The van der Waals surface area contributed by atoms with Crippen molar-refractivity contribution in [2.75, 3.05) is 11.5 Å². The second-order valence-corrected chi connectivity index (χ2v) is 18.3. The zero-order chi connectivity index (χ0) is 51.8. The van der Waals surface area contributed by atoms with Crippen molar-refractivity contribution in [1.82, 2.24) is 0 Å². The Hall–Kier alpha value is -4.42. The summed E-state index contributed by atoms with van der Waals surface area (Å²) in [6, 6.07) is 0.